The highest BCUT2D eigenvalue weighted by molar-refractivity contribution is 8.00. The molecule has 1 fully saturated rings. The van der Waals surface area contributed by atoms with Gasteiger partial charge in [-0.15, -0.1) is 11.8 Å². The lowest BCUT2D eigenvalue weighted by atomic mass is 10.2. The van der Waals surface area contributed by atoms with Crippen LogP contribution in [0.2, 0.25) is 0 Å². The van der Waals surface area contributed by atoms with Crippen molar-refractivity contribution in [3.8, 4) is 11.5 Å². The van der Waals surface area contributed by atoms with E-state index in [2.05, 4.69) is 5.32 Å². The molecule has 1 atom stereocenters. The fraction of sp³-hybridized carbons (Fsp3) is 0.556. The van der Waals surface area contributed by atoms with Crippen LogP contribution in [0.3, 0.4) is 0 Å². The molecule has 7 nitrogen and oxygen atoms in total. The Morgan fingerprint density at radius 2 is 1.96 bits per heavy atom. The smallest absolute Gasteiger partial charge is 0.408 e. The number of carbonyl (C=O) groups excluding carboxylic acids is 2. The van der Waals surface area contributed by atoms with E-state index in [0.717, 1.165) is 5.75 Å². The highest BCUT2D eigenvalue weighted by Gasteiger charge is 2.30. The number of hydrogen-bond donors (Lipinski definition) is 1. The van der Waals surface area contributed by atoms with Crippen LogP contribution in [-0.2, 0) is 9.53 Å². The molecule has 0 aliphatic carbocycles. The topological polar surface area (TPSA) is 77.1 Å². The summed E-state index contributed by atoms with van der Waals surface area (Å²) in [6.45, 7) is 6.20. The van der Waals surface area contributed by atoms with Gasteiger partial charge < -0.3 is 24.4 Å². The molecule has 1 N–H and O–H groups in total. The molecule has 1 aromatic rings. The molecule has 1 saturated heterocycles. The lowest BCUT2D eigenvalue weighted by Crippen LogP contribution is -2.45. The molecule has 2 amide bonds. The quantitative estimate of drug-likeness (QED) is 0.815. The predicted octanol–water partition coefficient (Wildman–Crippen LogP) is 2.50. The Balaban J connectivity index is 1.85. The molecule has 8 heteroatoms. The predicted molar refractivity (Wildman–Crippen MR) is 101 cm³/mol. The minimum Gasteiger partial charge on any atom is -0.493 e. The second-order valence-electron chi connectivity index (χ2n) is 6.73. The van der Waals surface area contributed by atoms with Crippen LogP contribution >= 0.6 is 11.8 Å². The fourth-order valence-corrected chi connectivity index (χ4v) is 3.55. The molecule has 0 bridgehead atoms. The van der Waals surface area contributed by atoms with Gasteiger partial charge in [-0.25, -0.2) is 4.79 Å². The second kappa shape index (κ2) is 9.02. The summed E-state index contributed by atoms with van der Waals surface area (Å²) in [5, 5.41) is 2.40. The minimum absolute atomic E-state index is 0.0966. The van der Waals surface area contributed by atoms with Crippen molar-refractivity contribution in [2.45, 2.75) is 31.7 Å². The van der Waals surface area contributed by atoms with Crippen LogP contribution in [0.5, 0.6) is 11.5 Å². The van der Waals surface area contributed by atoms with Crippen LogP contribution in [-0.4, -0.2) is 60.4 Å². The number of benzene rings is 1. The van der Waals surface area contributed by atoms with Crippen molar-refractivity contribution in [3.05, 3.63) is 24.3 Å². The molecule has 144 valence electrons. The zero-order valence-electron chi connectivity index (χ0n) is 15.6. The maximum atomic E-state index is 12.4. The first-order valence-electron chi connectivity index (χ1n) is 8.44. The molecule has 0 saturated carbocycles. The number of thioether (sulfide) groups is 1. The minimum atomic E-state index is -0.598. The normalized spacial score (nSPS) is 16.9. The summed E-state index contributed by atoms with van der Waals surface area (Å²) in [7, 11) is 1.59. The number of amides is 2. The Hall–Kier alpha value is -2.09. The zero-order chi connectivity index (χ0) is 19.2. The first-order chi connectivity index (χ1) is 12.3. The lowest BCUT2D eigenvalue weighted by molar-refractivity contribution is -0.130. The number of hydrogen-bond acceptors (Lipinski definition) is 6. The van der Waals surface area contributed by atoms with Gasteiger partial charge in [0.2, 0.25) is 5.91 Å². The standard InChI is InChI=1S/C18H26N2O5S/c1-18(2,3)25-17(22)19-11-15(21)20-9-10-26-16(20)12-24-14-8-6-5-7-13(14)23-4/h5-8,16H,9-12H2,1-4H3,(H,19,22). The molecule has 0 spiro atoms. The van der Waals surface area contributed by atoms with Gasteiger partial charge in [0.1, 0.15) is 24.1 Å². The van der Waals surface area contributed by atoms with Crippen molar-refractivity contribution in [1.82, 2.24) is 10.2 Å². The second-order valence-corrected chi connectivity index (χ2v) is 8.02. The lowest BCUT2D eigenvalue weighted by Gasteiger charge is -2.25. The van der Waals surface area contributed by atoms with Crippen LogP contribution in [0, 0.1) is 0 Å². The van der Waals surface area contributed by atoms with Gasteiger partial charge in [-0.2, -0.15) is 0 Å². The largest absolute Gasteiger partial charge is 0.493 e. The number of rotatable bonds is 6. The monoisotopic (exact) mass is 382 g/mol. The number of methoxy groups -OCH3 is 1. The van der Waals surface area contributed by atoms with E-state index in [1.165, 1.54) is 0 Å². The third-order valence-corrected chi connectivity index (χ3v) is 4.74. The molecule has 26 heavy (non-hydrogen) atoms. The van der Waals surface area contributed by atoms with E-state index >= 15 is 0 Å². The highest BCUT2D eigenvalue weighted by atomic mass is 32.2. The maximum Gasteiger partial charge on any atom is 0.408 e. The molecule has 1 unspecified atom stereocenters. The van der Waals surface area contributed by atoms with Crippen LogP contribution in [0.4, 0.5) is 4.79 Å². The number of carbonyl (C=O) groups is 2. The van der Waals surface area contributed by atoms with Gasteiger partial charge in [0.15, 0.2) is 11.5 Å². The number of para-hydroxylation sites is 2. The molecular formula is C18H26N2O5S. The van der Waals surface area contributed by atoms with Crippen molar-refractivity contribution < 1.29 is 23.8 Å². The molecule has 1 heterocycles. The average molecular weight is 382 g/mol. The van der Waals surface area contributed by atoms with Gasteiger partial charge in [-0.05, 0) is 32.9 Å². The Bertz CT molecular complexity index is 632. The molecule has 2 rings (SSSR count). The first-order valence-corrected chi connectivity index (χ1v) is 9.49. The summed E-state index contributed by atoms with van der Waals surface area (Å²) in [6, 6.07) is 7.39. The van der Waals surface area contributed by atoms with E-state index in [0.29, 0.717) is 24.7 Å². The number of ether oxygens (including phenoxy) is 3. The number of nitrogens with one attached hydrogen (secondary N) is 1. The zero-order valence-corrected chi connectivity index (χ0v) is 16.4. The maximum absolute atomic E-state index is 12.4. The number of nitrogens with zero attached hydrogens (tertiary/aromatic N) is 1. The van der Waals surface area contributed by atoms with Crippen LogP contribution in [0.25, 0.3) is 0 Å². The molecule has 1 aliphatic rings. The SMILES string of the molecule is COc1ccccc1OCC1SCCN1C(=O)CNC(=O)OC(C)(C)C. The van der Waals surface area contributed by atoms with E-state index in [-0.39, 0.29) is 17.8 Å². The van der Waals surface area contributed by atoms with E-state index in [9.17, 15) is 9.59 Å². The van der Waals surface area contributed by atoms with E-state index < -0.39 is 11.7 Å². The van der Waals surface area contributed by atoms with Crippen molar-refractivity contribution in [3.63, 3.8) is 0 Å². The van der Waals surface area contributed by atoms with Gasteiger partial charge in [-0.1, -0.05) is 12.1 Å². The van der Waals surface area contributed by atoms with Gasteiger partial charge in [0, 0.05) is 12.3 Å². The Morgan fingerprint density at radius 3 is 2.62 bits per heavy atom. The van der Waals surface area contributed by atoms with Gasteiger partial charge >= 0.3 is 6.09 Å². The average Bonchev–Trinajstić information content (AvgIpc) is 3.05. The Morgan fingerprint density at radius 1 is 1.27 bits per heavy atom. The summed E-state index contributed by atoms with van der Waals surface area (Å²) in [5.74, 6) is 1.97. The summed E-state index contributed by atoms with van der Waals surface area (Å²) >= 11 is 1.65. The van der Waals surface area contributed by atoms with Crippen molar-refractivity contribution in [2.24, 2.45) is 0 Å². The van der Waals surface area contributed by atoms with E-state index in [4.69, 9.17) is 14.2 Å². The molecular weight excluding hydrogens is 356 g/mol. The summed E-state index contributed by atoms with van der Waals surface area (Å²) in [6.07, 6.45) is -0.598. The summed E-state index contributed by atoms with van der Waals surface area (Å²) in [5.41, 5.74) is -0.595. The third kappa shape index (κ3) is 6.01. The van der Waals surface area contributed by atoms with Crippen LogP contribution in [0.15, 0.2) is 24.3 Å². The van der Waals surface area contributed by atoms with Gasteiger partial charge in [0.05, 0.1) is 7.11 Å². The number of alkyl carbamates (subject to hydrolysis) is 1. The highest BCUT2D eigenvalue weighted by Crippen LogP contribution is 2.29. The van der Waals surface area contributed by atoms with Gasteiger partial charge in [-0.3, -0.25) is 4.79 Å². The van der Waals surface area contributed by atoms with Crippen LogP contribution < -0.4 is 14.8 Å². The fourth-order valence-electron chi connectivity index (χ4n) is 2.41. The third-order valence-electron chi connectivity index (χ3n) is 3.54. The van der Waals surface area contributed by atoms with Gasteiger partial charge in [0.25, 0.3) is 0 Å². The van der Waals surface area contributed by atoms with Crippen LogP contribution in [0.1, 0.15) is 20.8 Å². The molecule has 1 aromatic carbocycles. The molecule has 0 radical (unpaired) electrons. The first kappa shape index (κ1) is 20.2. The molecule has 0 aromatic heterocycles. The van der Waals surface area contributed by atoms with Crippen molar-refractivity contribution in [1.29, 1.82) is 0 Å². The van der Waals surface area contributed by atoms with E-state index in [1.807, 2.05) is 24.3 Å². The molecule has 1 aliphatic heterocycles. The Kier molecular flexibility index (Phi) is 7.02. The summed E-state index contributed by atoms with van der Waals surface area (Å²) in [4.78, 5) is 25.8. The summed E-state index contributed by atoms with van der Waals surface area (Å²) < 4.78 is 16.2. The van der Waals surface area contributed by atoms with Crippen molar-refractivity contribution in [2.75, 3.05) is 32.6 Å². The Labute approximate surface area is 158 Å². The van der Waals surface area contributed by atoms with E-state index in [1.54, 1.807) is 44.5 Å². The van der Waals surface area contributed by atoms with Crippen molar-refractivity contribution >= 4 is 23.8 Å².